The fourth-order valence-electron chi connectivity index (χ4n) is 3.92. The first kappa shape index (κ1) is 21.4. The van der Waals surface area contributed by atoms with Crippen LogP contribution in [-0.2, 0) is 30.8 Å². The summed E-state index contributed by atoms with van der Waals surface area (Å²) in [6, 6.07) is 1.41. The van der Waals surface area contributed by atoms with E-state index in [1.54, 1.807) is 12.1 Å². The van der Waals surface area contributed by atoms with Crippen LogP contribution in [0.25, 0.3) is 0 Å². The molecule has 29 heavy (non-hydrogen) atoms. The Bertz CT molecular complexity index is 906. The average Bonchev–Trinajstić information content (AvgIpc) is 3.17. The van der Waals surface area contributed by atoms with Gasteiger partial charge in [0.05, 0.1) is 24.0 Å². The van der Waals surface area contributed by atoms with E-state index in [1.165, 1.54) is 20.1 Å². The number of carbonyl (C=O) groups is 3. The lowest BCUT2D eigenvalue weighted by Crippen LogP contribution is -2.61. The van der Waals surface area contributed by atoms with Crippen molar-refractivity contribution in [2.75, 3.05) is 0 Å². The van der Waals surface area contributed by atoms with Crippen LogP contribution in [0.1, 0.15) is 46.3 Å². The Balaban J connectivity index is 1.75. The summed E-state index contributed by atoms with van der Waals surface area (Å²) in [5.74, 6) is -0.716. The molecule has 2 fully saturated rings. The molecule has 1 aromatic heterocycles. The molecule has 3 atom stereocenters. The molecule has 2 N–H and O–H groups in total. The number of rotatable bonds is 7. The van der Waals surface area contributed by atoms with E-state index in [9.17, 15) is 22.8 Å². The predicted octanol–water partition coefficient (Wildman–Crippen LogP) is 0.561. The van der Waals surface area contributed by atoms with Crippen molar-refractivity contribution >= 4 is 27.6 Å². The molecule has 2 aliphatic heterocycles. The van der Waals surface area contributed by atoms with Gasteiger partial charge in [-0.25, -0.2) is 8.42 Å². The predicted molar refractivity (Wildman–Crippen MR) is 104 cm³/mol. The van der Waals surface area contributed by atoms with Crippen LogP contribution in [0, 0.1) is 5.92 Å². The number of nitrogens with one attached hydrogen (secondary N) is 2. The average molecular weight is 426 g/mol. The normalized spacial score (nSPS) is 25.3. The summed E-state index contributed by atoms with van der Waals surface area (Å²) in [6.07, 6.45) is 1.76. The highest BCUT2D eigenvalue weighted by molar-refractivity contribution is 7.93. The quantitative estimate of drug-likeness (QED) is 0.615. The van der Waals surface area contributed by atoms with E-state index in [4.69, 9.17) is 4.42 Å². The molecule has 3 rings (SSSR count). The molecule has 0 aromatic carbocycles. The highest BCUT2D eigenvalue weighted by Crippen LogP contribution is 2.45. The topological polar surface area (TPSA) is 126 Å². The van der Waals surface area contributed by atoms with Crippen LogP contribution in [-0.4, -0.2) is 53.2 Å². The van der Waals surface area contributed by atoms with Crippen LogP contribution >= 0.6 is 0 Å². The van der Waals surface area contributed by atoms with E-state index < -0.39 is 43.9 Å². The van der Waals surface area contributed by atoms with Crippen molar-refractivity contribution in [2.45, 2.75) is 69.3 Å². The van der Waals surface area contributed by atoms with Crippen molar-refractivity contribution in [1.29, 1.82) is 0 Å². The third-order valence-electron chi connectivity index (χ3n) is 5.58. The highest BCUT2D eigenvalue weighted by atomic mass is 32.2. The van der Waals surface area contributed by atoms with Gasteiger partial charge in [-0.05, 0) is 38.3 Å². The number of hydrogen-bond donors (Lipinski definition) is 2. The van der Waals surface area contributed by atoms with Crippen LogP contribution < -0.4 is 10.6 Å². The number of nitrogens with zero attached hydrogens (tertiary/aromatic N) is 1. The van der Waals surface area contributed by atoms with E-state index in [0.29, 0.717) is 12.2 Å². The van der Waals surface area contributed by atoms with Crippen LogP contribution in [0.4, 0.5) is 0 Å². The first-order valence-corrected chi connectivity index (χ1v) is 11.2. The number of β-lactam (4-membered cyclic amide) rings is 1. The first-order chi connectivity index (χ1) is 13.5. The molecule has 0 saturated carbocycles. The van der Waals surface area contributed by atoms with E-state index in [2.05, 4.69) is 10.6 Å². The van der Waals surface area contributed by atoms with E-state index in [-0.39, 0.29) is 24.8 Å². The monoisotopic (exact) mass is 425 g/mol. The zero-order valence-corrected chi connectivity index (χ0v) is 17.8. The Morgan fingerprint density at radius 2 is 2.03 bits per heavy atom. The summed E-state index contributed by atoms with van der Waals surface area (Å²) < 4.78 is 29.2. The minimum absolute atomic E-state index is 0.103. The van der Waals surface area contributed by atoms with Gasteiger partial charge in [0, 0.05) is 0 Å². The number of furan rings is 1. The van der Waals surface area contributed by atoms with Gasteiger partial charge in [0.2, 0.25) is 17.7 Å². The fourth-order valence-corrected chi connectivity index (χ4v) is 6.05. The number of carbonyl (C=O) groups excluding carboxylic acids is 3. The minimum Gasteiger partial charge on any atom is -0.467 e. The Morgan fingerprint density at radius 1 is 1.34 bits per heavy atom. The molecule has 10 heteroatoms. The molecule has 9 nitrogen and oxygen atoms in total. The Hall–Kier alpha value is -2.36. The van der Waals surface area contributed by atoms with Crippen molar-refractivity contribution < 1.29 is 27.2 Å². The van der Waals surface area contributed by atoms with Crippen molar-refractivity contribution in [3.63, 3.8) is 0 Å². The summed E-state index contributed by atoms with van der Waals surface area (Å²) in [5, 5.41) is 4.44. The molecule has 0 bridgehead atoms. The lowest BCUT2D eigenvalue weighted by molar-refractivity contribution is -0.150. The van der Waals surface area contributed by atoms with Crippen LogP contribution in [0.15, 0.2) is 22.8 Å². The minimum atomic E-state index is -3.68. The van der Waals surface area contributed by atoms with Crippen LogP contribution in [0.5, 0.6) is 0 Å². The lowest BCUT2D eigenvalue weighted by Gasteiger charge is -2.37. The van der Waals surface area contributed by atoms with Gasteiger partial charge in [-0.1, -0.05) is 13.8 Å². The van der Waals surface area contributed by atoms with Crippen LogP contribution in [0.3, 0.4) is 0 Å². The highest BCUT2D eigenvalue weighted by Gasteiger charge is 2.67. The molecule has 160 valence electrons. The van der Waals surface area contributed by atoms with E-state index in [1.807, 2.05) is 13.8 Å². The van der Waals surface area contributed by atoms with Crippen molar-refractivity contribution in [3.05, 3.63) is 24.2 Å². The van der Waals surface area contributed by atoms with Gasteiger partial charge in [-0.3, -0.25) is 14.4 Å². The van der Waals surface area contributed by atoms with Gasteiger partial charge in [0.15, 0.2) is 9.84 Å². The number of sulfone groups is 1. The molecule has 3 unspecified atom stereocenters. The van der Waals surface area contributed by atoms with Gasteiger partial charge in [-0.2, -0.15) is 0 Å². The van der Waals surface area contributed by atoms with Gasteiger partial charge in [0.25, 0.3) is 0 Å². The standard InChI is InChI=1S/C19H27N3O6S/c1-11(2)8-13(17(24)20-10-12-6-5-7-28-12)21-18(25)16-19(3,4)29(26,27)15-9-14(23)22(15)16/h5-7,11,13,15-16H,8-10H2,1-4H3,(H,20,24)(H,21,25). The Morgan fingerprint density at radius 3 is 2.59 bits per heavy atom. The maximum atomic E-state index is 13.0. The van der Waals surface area contributed by atoms with E-state index >= 15 is 0 Å². The maximum Gasteiger partial charge on any atom is 0.245 e. The second-order valence-electron chi connectivity index (χ2n) is 8.50. The first-order valence-electron chi connectivity index (χ1n) is 9.62. The largest absolute Gasteiger partial charge is 0.467 e. The molecule has 3 amide bonds. The molecule has 3 heterocycles. The third kappa shape index (κ3) is 3.65. The number of hydrogen-bond acceptors (Lipinski definition) is 6. The second kappa shape index (κ2) is 7.47. The summed E-state index contributed by atoms with van der Waals surface area (Å²) >= 11 is 0. The molecular weight excluding hydrogens is 398 g/mol. The molecule has 2 aliphatic rings. The van der Waals surface area contributed by atoms with Gasteiger partial charge < -0.3 is 20.0 Å². The summed E-state index contributed by atoms with van der Waals surface area (Å²) in [7, 11) is -3.68. The Kier molecular flexibility index (Phi) is 5.50. The van der Waals surface area contributed by atoms with Crippen molar-refractivity contribution in [2.24, 2.45) is 5.92 Å². The number of fused-ring (bicyclic) bond motifs is 1. The smallest absolute Gasteiger partial charge is 0.245 e. The zero-order valence-electron chi connectivity index (χ0n) is 17.0. The Labute approximate surface area is 170 Å². The zero-order chi connectivity index (χ0) is 21.6. The summed E-state index contributed by atoms with van der Waals surface area (Å²) in [5.41, 5.74) is 0. The molecule has 0 aliphatic carbocycles. The third-order valence-corrected chi connectivity index (χ3v) is 8.38. The molecule has 0 radical (unpaired) electrons. The maximum absolute atomic E-state index is 13.0. The van der Waals surface area contributed by atoms with E-state index in [0.717, 1.165) is 4.90 Å². The number of amides is 3. The molecule has 1 aromatic rings. The molecular formula is C19H27N3O6S. The summed E-state index contributed by atoms with van der Waals surface area (Å²) in [4.78, 5) is 38.9. The van der Waals surface area contributed by atoms with Gasteiger partial charge in [0.1, 0.15) is 23.2 Å². The van der Waals surface area contributed by atoms with Gasteiger partial charge >= 0.3 is 0 Å². The summed E-state index contributed by atoms with van der Waals surface area (Å²) in [6.45, 7) is 6.90. The lowest BCUT2D eigenvalue weighted by atomic mass is 9.96. The van der Waals surface area contributed by atoms with Crippen molar-refractivity contribution in [3.8, 4) is 0 Å². The molecule has 2 saturated heterocycles. The molecule has 0 spiro atoms. The van der Waals surface area contributed by atoms with Gasteiger partial charge in [-0.15, -0.1) is 0 Å². The fraction of sp³-hybridized carbons (Fsp3) is 0.632. The van der Waals surface area contributed by atoms with Crippen LogP contribution in [0.2, 0.25) is 0 Å². The SMILES string of the molecule is CC(C)CC(NC(=O)C1N2C(=O)CC2S(=O)(=O)C1(C)C)C(=O)NCc1ccco1. The van der Waals surface area contributed by atoms with Crippen molar-refractivity contribution in [1.82, 2.24) is 15.5 Å². The second-order valence-corrected chi connectivity index (χ2v) is 11.2.